The van der Waals surface area contributed by atoms with Crippen molar-refractivity contribution in [1.29, 1.82) is 0 Å². The molecule has 1 rings (SSSR count). The van der Waals surface area contributed by atoms with Gasteiger partial charge in [-0.05, 0) is 52.1 Å². The molecule has 0 aliphatic carbocycles. The van der Waals surface area contributed by atoms with Gasteiger partial charge in [-0.2, -0.15) is 0 Å². The minimum absolute atomic E-state index is 0. The lowest BCUT2D eigenvalue weighted by molar-refractivity contribution is -0.133. The van der Waals surface area contributed by atoms with E-state index >= 15 is 0 Å². The van der Waals surface area contributed by atoms with Gasteiger partial charge in [-0.3, -0.25) is 4.79 Å². The van der Waals surface area contributed by atoms with Gasteiger partial charge < -0.3 is 20.3 Å². The Morgan fingerprint density at radius 3 is 2.52 bits per heavy atom. The van der Waals surface area contributed by atoms with E-state index in [2.05, 4.69) is 11.9 Å². The molecule has 126 valence electrons. The predicted octanol–water partition coefficient (Wildman–Crippen LogP) is 1.35. The van der Waals surface area contributed by atoms with Crippen molar-refractivity contribution in [3.05, 3.63) is 0 Å². The van der Waals surface area contributed by atoms with E-state index < -0.39 is 0 Å². The third-order valence-corrected chi connectivity index (χ3v) is 4.15. The molecule has 21 heavy (non-hydrogen) atoms. The molecule has 1 fully saturated rings. The van der Waals surface area contributed by atoms with Crippen molar-refractivity contribution in [2.45, 2.75) is 38.6 Å². The summed E-state index contributed by atoms with van der Waals surface area (Å²) in [6.45, 7) is 6.45. The van der Waals surface area contributed by atoms with Crippen LogP contribution in [0.1, 0.15) is 32.6 Å². The maximum Gasteiger partial charge on any atom is 0.239 e. The molecule has 1 atom stereocenters. The fraction of sp³-hybridized carbons (Fsp3) is 0.933. The number of nitrogens with two attached hydrogens (primary N) is 1. The number of nitrogens with zero attached hydrogens (tertiary/aromatic N) is 2. The van der Waals surface area contributed by atoms with Gasteiger partial charge in [-0.1, -0.05) is 0 Å². The van der Waals surface area contributed by atoms with Gasteiger partial charge in [-0.15, -0.1) is 12.4 Å². The number of piperidine rings is 1. The van der Waals surface area contributed by atoms with Crippen LogP contribution in [0.5, 0.6) is 0 Å². The Kier molecular flexibility index (Phi) is 11.0. The summed E-state index contributed by atoms with van der Waals surface area (Å²) in [6.07, 6.45) is 4.74. The van der Waals surface area contributed by atoms with Crippen LogP contribution in [-0.4, -0.2) is 68.7 Å². The second-order valence-corrected chi connectivity index (χ2v) is 6.00. The second kappa shape index (κ2) is 11.2. The molecule has 1 saturated heterocycles. The molecule has 0 aromatic carbocycles. The molecule has 1 aliphatic rings. The molecule has 0 radical (unpaired) electrons. The number of halogens is 1. The number of hydrogen-bond donors (Lipinski definition) is 1. The first-order valence-corrected chi connectivity index (χ1v) is 7.76. The first kappa shape index (κ1) is 20.6. The van der Waals surface area contributed by atoms with Crippen molar-refractivity contribution in [1.82, 2.24) is 9.80 Å². The van der Waals surface area contributed by atoms with Gasteiger partial charge in [0.05, 0.1) is 12.6 Å². The van der Waals surface area contributed by atoms with Crippen LogP contribution in [0.3, 0.4) is 0 Å². The number of ether oxygens (including phenoxy) is 1. The van der Waals surface area contributed by atoms with Crippen LogP contribution < -0.4 is 5.73 Å². The molecule has 1 aliphatic heterocycles. The number of likely N-dealkylation sites (tertiary alicyclic amines) is 1. The molecule has 1 heterocycles. The minimum Gasteiger partial charge on any atom is -0.383 e. The SMILES string of the molecule is COCCN(C)CCCC1CCN(C(=O)C(C)N)CC1.Cl. The smallest absolute Gasteiger partial charge is 0.239 e. The lowest BCUT2D eigenvalue weighted by atomic mass is 9.92. The van der Waals surface area contributed by atoms with Crippen molar-refractivity contribution >= 4 is 18.3 Å². The van der Waals surface area contributed by atoms with Crippen LogP contribution in [0, 0.1) is 5.92 Å². The molecule has 6 heteroatoms. The zero-order valence-electron chi connectivity index (χ0n) is 13.7. The van der Waals surface area contributed by atoms with Crippen LogP contribution in [0.4, 0.5) is 0 Å². The maximum atomic E-state index is 11.8. The van der Waals surface area contributed by atoms with Crippen molar-refractivity contribution in [2.75, 3.05) is 46.9 Å². The van der Waals surface area contributed by atoms with E-state index in [1.165, 1.54) is 12.8 Å². The average molecular weight is 322 g/mol. The molecule has 0 aromatic rings. The first-order chi connectivity index (χ1) is 9.54. The van der Waals surface area contributed by atoms with Crippen LogP contribution in [0.25, 0.3) is 0 Å². The third-order valence-electron chi connectivity index (χ3n) is 4.15. The average Bonchev–Trinajstić information content (AvgIpc) is 2.45. The number of methoxy groups -OCH3 is 1. The largest absolute Gasteiger partial charge is 0.383 e. The summed E-state index contributed by atoms with van der Waals surface area (Å²) in [4.78, 5) is 16.0. The van der Waals surface area contributed by atoms with Gasteiger partial charge in [-0.25, -0.2) is 0 Å². The van der Waals surface area contributed by atoms with Crippen LogP contribution in [0.2, 0.25) is 0 Å². The zero-order valence-corrected chi connectivity index (χ0v) is 14.5. The van der Waals surface area contributed by atoms with Crippen molar-refractivity contribution in [2.24, 2.45) is 11.7 Å². The molecule has 0 aromatic heterocycles. The lowest BCUT2D eigenvalue weighted by Gasteiger charge is -2.33. The van der Waals surface area contributed by atoms with Gasteiger partial charge in [0.25, 0.3) is 0 Å². The Hall–Kier alpha value is -0.360. The second-order valence-electron chi connectivity index (χ2n) is 6.00. The fourth-order valence-corrected chi connectivity index (χ4v) is 2.74. The van der Waals surface area contributed by atoms with E-state index in [0.717, 1.165) is 51.5 Å². The lowest BCUT2D eigenvalue weighted by Crippen LogP contribution is -2.45. The Morgan fingerprint density at radius 2 is 2.00 bits per heavy atom. The van der Waals surface area contributed by atoms with Crippen molar-refractivity contribution in [3.8, 4) is 0 Å². The standard InChI is InChI=1S/C15H31N3O2.ClH/c1-13(16)15(19)18-9-6-14(7-10-18)5-4-8-17(2)11-12-20-3;/h13-14H,4-12,16H2,1-3H3;1H. The number of rotatable bonds is 8. The Labute approximate surface area is 135 Å². The van der Waals surface area contributed by atoms with E-state index in [9.17, 15) is 4.79 Å². The number of amides is 1. The fourth-order valence-electron chi connectivity index (χ4n) is 2.74. The summed E-state index contributed by atoms with van der Waals surface area (Å²) in [5.41, 5.74) is 5.65. The highest BCUT2D eigenvalue weighted by Crippen LogP contribution is 2.22. The molecule has 1 amide bonds. The molecule has 0 spiro atoms. The number of carbonyl (C=O) groups excluding carboxylic acids is 1. The predicted molar refractivity (Wildman–Crippen MR) is 88.8 cm³/mol. The van der Waals surface area contributed by atoms with Crippen molar-refractivity contribution < 1.29 is 9.53 Å². The van der Waals surface area contributed by atoms with E-state index in [-0.39, 0.29) is 24.4 Å². The molecule has 0 saturated carbocycles. The van der Waals surface area contributed by atoms with Gasteiger partial charge in [0.2, 0.25) is 5.91 Å². The molecule has 2 N–H and O–H groups in total. The summed E-state index contributed by atoms with van der Waals surface area (Å²) >= 11 is 0. The first-order valence-electron chi connectivity index (χ1n) is 7.76. The van der Waals surface area contributed by atoms with E-state index in [1.54, 1.807) is 14.0 Å². The van der Waals surface area contributed by atoms with E-state index in [0.29, 0.717) is 0 Å². The maximum absolute atomic E-state index is 11.8. The summed E-state index contributed by atoms with van der Waals surface area (Å²) < 4.78 is 5.07. The minimum atomic E-state index is -0.360. The van der Waals surface area contributed by atoms with Crippen LogP contribution in [-0.2, 0) is 9.53 Å². The third kappa shape index (κ3) is 8.00. The van der Waals surface area contributed by atoms with Crippen molar-refractivity contribution in [3.63, 3.8) is 0 Å². The topological polar surface area (TPSA) is 58.8 Å². The quantitative estimate of drug-likeness (QED) is 0.733. The van der Waals surface area contributed by atoms with Crippen LogP contribution >= 0.6 is 12.4 Å². The van der Waals surface area contributed by atoms with E-state index in [1.807, 2.05) is 4.90 Å². The molecule has 5 nitrogen and oxygen atoms in total. The number of hydrogen-bond acceptors (Lipinski definition) is 4. The molecular weight excluding hydrogens is 290 g/mol. The highest BCUT2D eigenvalue weighted by Gasteiger charge is 2.24. The summed E-state index contributed by atoms with van der Waals surface area (Å²) in [6, 6.07) is -0.360. The normalized spacial score (nSPS) is 17.7. The zero-order chi connectivity index (χ0) is 15.0. The van der Waals surface area contributed by atoms with Gasteiger partial charge in [0.1, 0.15) is 0 Å². The highest BCUT2D eigenvalue weighted by molar-refractivity contribution is 5.85. The van der Waals surface area contributed by atoms with Gasteiger partial charge in [0, 0.05) is 26.7 Å². The number of carbonyl (C=O) groups is 1. The monoisotopic (exact) mass is 321 g/mol. The summed E-state index contributed by atoms with van der Waals surface area (Å²) in [5.74, 6) is 0.866. The van der Waals surface area contributed by atoms with E-state index in [4.69, 9.17) is 10.5 Å². The Balaban J connectivity index is 0.00000400. The summed E-state index contributed by atoms with van der Waals surface area (Å²) in [5, 5.41) is 0. The molecule has 0 bridgehead atoms. The summed E-state index contributed by atoms with van der Waals surface area (Å²) in [7, 11) is 3.88. The van der Waals surface area contributed by atoms with Gasteiger partial charge in [0.15, 0.2) is 0 Å². The van der Waals surface area contributed by atoms with Crippen LogP contribution in [0.15, 0.2) is 0 Å². The highest BCUT2D eigenvalue weighted by atomic mass is 35.5. The Bertz CT molecular complexity index is 282. The van der Waals surface area contributed by atoms with Gasteiger partial charge >= 0.3 is 0 Å². The molecular formula is C15H32ClN3O2. The number of likely N-dealkylation sites (N-methyl/N-ethyl adjacent to an activating group) is 1. The Morgan fingerprint density at radius 1 is 1.38 bits per heavy atom. The molecule has 1 unspecified atom stereocenters.